The van der Waals surface area contributed by atoms with Crippen molar-refractivity contribution in [1.29, 1.82) is 0 Å². The fourth-order valence-corrected chi connectivity index (χ4v) is 1.79. The van der Waals surface area contributed by atoms with Crippen molar-refractivity contribution in [2.75, 3.05) is 13.7 Å². The fraction of sp³-hybridized carbons (Fsp3) is 0.818. The Morgan fingerprint density at radius 3 is 2.41 bits per heavy atom. The zero-order chi connectivity index (χ0) is 12.2. The van der Waals surface area contributed by atoms with E-state index in [-0.39, 0.29) is 42.2 Å². The summed E-state index contributed by atoms with van der Waals surface area (Å²) in [7, 11) is 1.36. The Bertz CT molecular complexity index is 280. The first-order valence-corrected chi connectivity index (χ1v) is 5.62. The third-order valence-electron chi connectivity index (χ3n) is 3.21. The lowest BCUT2D eigenvalue weighted by atomic mass is 9.74. The molecule has 0 aromatic heterocycles. The van der Waals surface area contributed by atoms with Crippen LogP contribution in [0.5, 0.6) is 0 Å². The molecule has 0 aliphatic heterocycles. The Morgan fingerprint density at radius 2 is 2.06 bits per heavy atom. The summed E-state index contributed by atoms with van der Waals surface area (Å²) in [6.07, 6.45) is 2.97. The summed E-state index contributed by atoms with van der Waals surface area (Å²) in [6, 6.07) is 0. The van der Waals surface area contributed by atoms with Crippen molar-refractivity contribution in [3.05, 3.63) is 0 Å². The summed E-state index contributed by atoms with van der Waals surface area (Å²) < 4.78 is 4.64. The molecule has 1 unspecified atom stereocenters. The normalized spacial score (nSPS) is 18.3. The molecule has 1 amide bonds. The minimum absolute atomic E-state index is 0. The number of esters is 1. The third-order valence-corrected chi connectivity index (χ3v) is 3.21. The Hall–Kier alpha value is -0.810. The number of amides is 1. The molecule has 0 saturated heterocycles. The van der Waals surface area contributed by atoms with E-state index in [1.807, 2.05) is 0 Å². The number of carbonyl (C=O) groups excluding carboxylic acids is 2. The maximum Gasteiger partial charge on any atom is 0.307 e. The zero-order valence-corrected chi connectivity index (χ0v) is 11.1. The van der Waals surface area contributed by atoms with Gasteiger partial charge in [-0.25, -0.2) is 0 Å². The number of nitrogens with two attached hydrogens (primary N) is 1. The molecule has 1 fully saturated rings. The highest BCUT2D eigenvalue weighted by molar-refractivity contribution is 5.85. The lowest BCUT2D eigenvalue weighted by Gasteiger charge is -2.42. The standard InChI is InChI=1S/C11H20N2O3.ClH/c1-8(7-12)10(15)13-11(4-3-5-11)6-9(14)16-2;/h8H,3-7,12H2,1-2H3,(H,13,15);1H. The van der Waals surface area contributed by atoms with Gasteiger partial charge in [0.2, 0.25) is 5.91 Å². The monoisotopic (exact) mass is 264 g/mol. The summed E-state index contributed by atoms with van der Waals surface area (Å²) >= 11 is 0. The minimum Gasteiger partial charge on any atom is -0.469 e. The minimum atomic E-state index is -0.381. The molecule has 100 valence electrons. The van der Waals surface area contributed by atoms with E-state index in [2.05, 4.69) is 10.1 Å². The van der Waals surface area contributed by atoms with E-state index in [4.69, 9.17) is 5.73 Å². The summed E-state index contributed by atoms with van der Waals surface area (Å²) in [4.78, 5) is 23.0. The van der Waals surface area contributed by atoms with Gasteiger partial charge in [-0.05, 0) is 19.3 Å². The summed E-state index contributed by atoms with van der Waals surface area (Å²) in [5, 5.41) is 2.93. The molecule has 0 heterocycles. The van der Waals surface area contributed by atoms with Gasteiger partial charge in [-0.15, -0.1) is 12.4 Å². The summed E-state index contributed by atoms with van der Waals surface area (Å²) in [5.74, 6) is -0.568. The molecule has 6 heteroatoms. The molecular formula is C11H21ClN2O3. The highest BCUT2D eigenvalue weighted by Gasteiger charge is 2.41. The van der Waals surface area contributed by atoms with E-state index in [1.54, 1.807) is 6.92 Å². The van der Waals surface area contributed by atoms with Crippen LogP contribution >= 0.6 is 12.4 Å². The van der Waals surface area contributed by atoms with Gasteiger partial charge >= 0.3 is 5.97 Å². The molecule has 3 N–H and O–H groups in total. The average Bonchev–Trinajstić information content (AvgIpc) is 2.24. The van der Waals surface area contributed by atoms with Gasteiger partial charge in [-0.1, -0.05) is 6.92 Å². The second kappa shape index (κ2) is 6.81. The van der Waals surface area contributed by atoms with Crippen LogP contribution in [0.3, 0.4) is 0 Å². The number of carbonyl (C=O) groups is 2. The molecule has 5 nitrogen and oxygen atoms in total. The van der Waals surface area contributed by atoms with Crippen molar-refractivity contribution < 1.29 is 14.3 Å². The largest absolute Gasteiger partial charge is 0.469 e. The first-order valence-electron chi connectivity index (χ1n) is 5.62. The number of hydrogen-bond donors (Lipinski definition) is 2. The molecule has 0 aromatic carbocycles. The predicted molar refractivity (Wildman–Crippen MR) is 66.8 cm³/mol. The Labute approximate surface area is 108 Å². The molecule has 1 aliphatic rings. The van der Waals surface area contributed by atoms with Crippen molar-refractivity contribution in [3.63, 3.8) is 0 Å². The van der Waals surface area contributed by atoms with Gasteiger partial charge in [-0.3, -0.25) is 9.59 Å². The van der Waals surface area contributed by atoms with Crippen LogP contribution in [0.25, 0.3) is 0 Å². The van der Waals surface area contributed by atoms with Crippen molar-refractivity contribution >= 4 is 24.3 Å². The van der Waals surface area contributed by atoms with E-state index in [1.165, 1.54) is 7.11 Å². The third kappa shape index (κ3) is 4.16. The van der Waals surface area contributed by atoms with Crippen LogP contribution in [-0.2, 0) is 14.3 Å². The van der Waals surface area contributed by atoms with Crippen LogP contribution in [-0.4, -0.2) is 31.1 Å². The van der Waals surface area contributed by atoms with Gasteiger partial charge in [0.1, 0.15) is 0 Å². The number of hydrogen-bond acceptors (Lipinski definition) is 4. The predicted octanol–water partition coefficient (Wildman–Crippen LogP) is 0.605. The number of rotatable bonds is 5. The molecule has 0 spiro atoms. The molecule has 0 bridgehead atoms. The second-order valence-corrected chi connectivity index (χ2v) is 4.51. The van der Waals surface area contributed by atoms with Gasteiger partial charge in [-0.2, -0.15) is 0 Å². The SMILES string of the molecule is COC(=O)CC1(NC(=O)C(C)CN)CCC1.Cl. The van der Waals surface area contributed by atoms with Crippen molar-refractivity contribution in [1.82, 2.24) is 5.32 Å². The molecule has 1 saturated carbocycles. The van der Waals surface area contributed by atoms with E-state index in [0.717, 1.165) is 19.3 Å². The number of nitrogens with one attached hydrogen (secondary N) is 1. The van der Waals surface area contributed by atoms with E-state index >= 15 is 0 Å². The highest BCUT2D eigenvalue weighted by Crippen LogP contribution is 2.35. The molecule has 0 aromatic rings. The van der Waals surface area contributed by atoms with Crippen LogP contribution < -0.4 is 11.1 Å². The Kier molecular flexibility index (Phi) is 6.49. The van der Waals surface area contributed by atoms with Gasteiger partial charge in [0.05, 0.1) is 19.1 Å². The topological polar surface area (TPSA) is 81.4 Å². The first kappa shape index (κ1) is 16.2. The molecule has 17 heavy (non-hydrogen) atoms. The average molecular weight is 265 g/mol. The van der Waals surface area contributed by atoms with Crippen molar-refractivity contribution in [2.24, 2.45) is 11.7 Å². The first-order chi connectivity index (χ1) is 7.53. The smallest absolute Gasteiger partial charge is 0.307 e. The molecule has 0 radical (unpaired) electrons. The number of ether oxygens (including phenoxy) is 1. The summed E-state index contributed by atoms with van der Waals surface area (Å²) in [5.41, 5.74) is 5.04. The van der Waals surface area contributed by atoms with Gasteiger partial charge in [0.15, 0.2) is 0 Å². The molecule has 1 rings (SSSR count). The highest BCUT2D eigenvalue weighted by atomic mass is 35.5. The van der Waals surface area contributed by atoms with Crippen LogP contribution in [0, 0.1) is 5.92 Å². The quantitative estimate of drug-likeness (QED) is 0.713. The van der Waals surface area contributed by atoms with Crippen molar-refractivity contribution in [3.8, 4) is 0 Å². The van der Waals surface area contributed by atoms with E-state index in [9.17, 15) is 9.59 Å². The Balaban J connectivity index is 0.00000256. The van der Waals surface area contributed by atoms with Crippen LogP contribution in [0.2, 0.25) is 0 Å². The maximum absolute atomic E-state index is 11.7. The number of methoxy groups -OCH3 is 1. The van der Waals surface area contributed by atoms with Crippen LogP contribution in [0.1, 0.15) is 32.6 Å². The Morgan fingerprint density at radius 1 is 1.47 bits per heavy atom. The lowest BCUT2D eigenvalue weighted by molar-refractivity contribution is -0.144. The van der Waals surface area contributed by atoms with Crippen molar-refractivity contribution in [2.45, 2.75) is 38.1 Å². The maximum atomic E-state index is 11.7. The van der Waals surface area contributed by atoms with Gasteiger partial charge < -0.3 is 15.8 Å². The molecule has 1 aliphatic carbocycles. The van der Waals surface area contributed by atoms with E-state index < -0.39 is 0 Å². The van der Waals surface area contributed by atoms with E-state index in [0.29, 0.717) is 6.54 Å². The molecule has 1 atom stereocenters. The van der Waals surface area contributed by atoms with Crippen LogP contribution in [0.4, 0.5) is 0 Å². The number of halogens is 1. The summed E-state index contributed by atoms with van der Waals surface area (Å²) in [6.45, 7) is 2.10. The molecular weight excluding hydrogens is 244 g/mol. The fourth-order valence-electron chi connectivity index (χ4n) is 1.79. The second-order valence-electron chi connectivity index (χ2n) is 4.51. The van der Waals surface area contributed by atoms with Gasteiger partial charge in [0, 0.05) is 12.5 Å². The lowest BCUT2D eigenvalue weighted by Crippen LogP contribution is -2.56. The van der Waals surface area contributed by atoms with Crippen LogP contribution in [0.15, 0.2) is 0 Å². The van der Waals surface area contributed by atoms with Gasteiger partial charge in [0.25, 0.3) is 0 Å². The zero-order valence-electron chi connectivity index (χ0n) is 10.3.